The van der Waals surface area contributed by atoms with E-state index in [9.17, 15) is 70.2 Å². The largest absolute Gasteiger partial charge is 0.435 e. The van der Waals surface area contributed by atoms with Gasteiger partial charge in [-0.2, -0.15) is 65.9 Å². The van der Waals surface area contributed by atoms with Gasteiger partial charge < -0.3 is 0 Å². The van der Waals surface area contributed by atoms with Crippen LogP contribution in [0.25, 0.3) is 0 Å². The van der Waals surface area contributed by atoms with E-state index in [1.165, 1.54) is 0 Å². The topological polar surface area (TPSA) is 0 Å². The normalized spacial score (nSPS) is 18.4. The monoisotopic (exact) mass is 668 g/mol. The van der Waals surface area contributed by atoms with Crippen LogP contribution in [0.5, 0.6) is 0 Å². The van der Waals surface area contributed by atoms with Crippen LogP contribution >= 0.6 is 45.2 Å². The summed E-state index contributed by atoms with van der Waals surface area (Å²) in [5.74, 6) is -31.1. The molecule has 0 nitrogen and oxygen atoms in total. The smallest absolute Gasteiger partial charge is 0.219 e. The second-order valence-electron chi connectivity index (χ2n) is 4.87. The van der Waals surface area contributed by atoms with E-state index in [1.54, 1.807) is 0 Å². The van der Waals surface area contributed by atoms with Gasteiger partial charge in [0.25, 0.3) is 0 Å². The van der Waals surface area contributed by atoms with Crippen molar-refractivity contribution in [3.8, 4) is 0 Å². The third-order valence-electron chi connectivity index (χ3n) is 2.88. The fourth-order valence-corrected chi connectivity index (χ4v) is 2.65. The highest BCUT2D eigenvalue weighted by Gasteiger charge is 2.94. The van der Waals surface area contributed by atoms with Crippen molar-refractivity contribution in [3.05, 3.63) is 0 Å². The molecule has 0 N–H and O–H groups in total. The Hall–Kier alpha value is 0.340. The fraction of sp³-hybridized carbons (Fsp3) is 1.00. The zero-order chi connectivity index (χ0) is 22.7. The van der Waals surface area contributed by atoms with Gasteiger partial charge in [0.2, 0.25) is 0 Å². The van der Waals surface area contributed by atoms with Crippen molar-refractivity contribution in [2.75, 3.05) is 0 Å². The molecule has 0 heterocycles. The molecule has 0 amide bonds. The van der Waals surface area contributed by atoms with Crippen LogP contribution in [0.1, 0.15) is 6.42 Å². The van der Waals surface area contributed by atoms with E-state index in [-0.39, 0.29) is 22.6 Å². The van der Waals surface area contributed by atoms with Gasteiger partial charge >= 0.3 is 43.4 Å². The molecule has 0 spiro atoms. The standard InChI is InChI=1S/C9H2F16I2/c10-2(11,1-3(12,13)26)5(15,16)7(19,20)6(17,18)4(14,8(21,22)23)9(24,25)27/h1H2. The van der Waals surface area contributed by atoms with E-state index in [0.717, 1.165) is 0 Å². The number of hydrogen-bond donors (Lipinski definition) is 0. The van der Waals surface area contributed by atoms with Gasteiger partial charge in [0.15, 0.2) is 0 Å². The van der Waals surface area contributed by atoms with Gasteiger partial charge in [0.1, 0.15) is 0 Å². The molecule has 164 valence electrons. The molecular formula is C9H2F16I2. The third kappa shape index (κ3) is 4.29. The number of rotatable bonds is 7. The predicted octanol–water partition coefficient (Wildman–Crippen LogP) is 7.24. The highest BCUT2D eigenvalue weighted by atomic mass is 127. The molecule has 0 saturated carbocycles. The molecule has 0 aromatic rings. The first-order chi connectivity index (χ1) is 11.2. The Morgan fingerprint density at radius 1 is 0.481 bits per heavy atom. The van der Waals surface area contributed by atoms with Crippen molar-refractivity contribution in [1.82, 2.24) is 0 Å². The highest BCUT2D eigenvalue weighted by Crippen LogP contribution is 2.65. The molecule has 0 aromatic heterocycles. The quantitative estimate of drug-likeness (QED) is 0.153. The Labute approximate surface area is 165 Å². The summed E-state index contributed by atoms with van der Waals surface area (Å²) in [5.41, 5.74) is -7.77. The van der Waals surface area contributed by atoms with Crippen molar-refractivity contribution < 1.29 is 70.2 Å². The summed E-state index contributed by atoms with van der Waals surface area (Å²) in [5, 5.41) is 0. The van der Waals surface area contributed by atoms with E-state index in [2.05, 4.69) is 0 Å². The van der Waals surface area contributed by atoms with Crippen LogP contribution in [0.2, 0.25) is 0 Å². The molecule has 0 fully saturated rings. The minimum Gasteiger partial charge on any atom is -0.219 e. The van der Waals surface area contributed by atoms with Crippen molar-refractivity contribution in [3.63, 3.8) is 0 Å². The average molecular weight is 668 g/mol. The van der Waals surface area contributed by atoms with Crippen LogP contribution in [0.4, 0.5) is 70.2 Å². The Balaban J connectivity index is 6.70. The Morgan fingerprint density at radius 2 is 0.815 bits per heavy atom. The van der Waals surface area contributed by atoms with E-state index >= 15 is 0 Å². The van der Waals surface area contributed by atoms with Crippen LogP contribution in [-0.2, 0) is 0 Å². The number of halogens is 18. The van der Waals surface area contributed by atoms with Crippen LogP contribution in [-0.4, -0.2) is 43.4 Å². The maximum atomic E-state index is 13.5. The minimum atomic E-state index is -8.23. The lowest BCUT2D eigenvalue weighted by molar-refractivity contribution is -0.431. The molecule has 0 aliphatic heterocycles. The minimum absolute atomic E-state index is 0.322. The molecule has 0 radical (unpaired) electrons. The second kappa shape index (κ2) is 6.95. The van der Waals surface area contributed by atoms with Gasteiger partial charge in [-0.3, -0.25) is 0 Å². The maximum Gasteiger partial charge on any atom is 0.435 e. The van der Waals surface area contributed by atoms with Gasteiger partial charge in [-0.15, -0.1) is 0 Å². The van der Waals surface area contributed by atoms with E-state index < -0.39 is 72.4 Å². The first kappa shape index (κ1) is 27.3. The van der Waals surface area contributed by atoms with Gasteiger partial charge in [-0.25, -0.2) is 4.39 Å². The molecule has 18 heteroatoms. The first-order valence-electron chi connectivity index (χ1n) is 5.61. The third-order valence-corrected chi connectivity index (χ3v) is 4.01. The molecule has 1 atom stereocenters. The summed E-state index contributed by atoms with van der Waals surface area (Å²) in [6, 6.07) is 0. The molecule has 27 heavy (non-hydrogen) atoms. The molecule has 0 aromatic carbocycles. The van der Waals surface area contributed by atoms with Crippen molar-refractivity contribution >= 4 is 45.2 Å². The Kier molecular flexibility index (Phi) is 7.04. The summed E-state index contributed by atoms with van der Waals surface area (Å²) in [7, 11) is 0. The number of hydrogen-bond acceptors (Lipinski definition) is 0. The first-order valence-corrected chi connectivity index (χ1v) is 7.77. The SMILES string of the molecule is FC(F)(I)CC(F)(F)C(F)(F)C(F)(F)C(F)(F)C(F)(C(F)(F)F)C(F)(F)I. The molecular weight excluding hydrogens is 666 g/mol. The lowest BCUT2D eigenvalue weighted by Crippen LogP contribution is -2.75. The van der Waals surface area contributed by atoms with Crippen molar-refractivity contribution in [2.45, 2.75) is 49.8 Å². The Bertz CT molecular complexity index is 524. The van der Waals surface area contributed by atoms with Crippen molar-refractivity contribution in [1.29, 1.82) is 0 Å². The molecule has 0 bridgehead atoms. The molecule has 0 aliphatic carbocycles. The molecule has 0 saturated heterocycles. The van der Waals surface area contributed by atoms with Crippen LogP contribution in [0, 0.1) is 0 Å². The molecule has 0 rings (SSSR count). The second-order valence-corrected chi connectivity index (χ2v) is 7.81. The Morgan fingerprint density at radius 3 is 1.04 bits per heavy atom. The lowest BCUT2D eigenvalue weighted by atomic mass is 9.86. The van der Waals surface area contributed by atoms with Crippen LogP contribution in [0.15, 0.2) is 0 Å². The van der Waals surface area contributed by atoms with E-state index in [4.69, 9.17) is 0 Å². The summed E-state index contributed by atoms with van der Waals surface area (Å²) >= 11 is -1.40. The number of alkyl halides is 18. The summed E-state index contributed by atoms with van der Waals surface area (Å²) in [6.45, 7) is 0. The summed E-state index contributed by atoms with van der Waals surface area (Å²) in [4.78, 5) is 0. The predicted molar refractivity (Wildman–Crippen MR) is 72.2 cm³/mol. The summed E-state index contributed by atoms with van der Waals surface area (Å²) < 4.78 is 195. The van der Waals surface area contributed by atoms with E-state index in [0.29, 0.717) is 0 Å². The zero-order valence-corrected chi connectivity index (χ0v) is 15.8. The molecule has 0 aliphatic rings. The zero-order valence-electron chi connectivity index (χ0n) is 11.5. The highest BCUT2D eigenvalue weighted by molar-refractivity contribution is 14.1. The van der Waals surface area contributed by atoms with Crippen LogP contribution < -0.4 is 0 Å². The van der Waals surface area contributed by atoms with Crippen LogP contribution in [0.3, 0.4) is 0 Å². The average Bonchev–Trinajstić information content (AvgIpc) is 2.30. The van der Waals surface area contributed by atoms with Gasteiger partial charge in [0.05, 0.1) is 6.42 Å². The maximum absolute atomic E-state index is 13.5. The van der Waals surface area contributed by atoms with Gasteiger partial charge in [-0.05, 0) is 22.6 Å². The summed E-state index contributed by atoms with van der Waals surface area (Å²) in [6.07, 6.45) is -11.3. The lowest BCUT2D eigenvalue weighted by Gasteiger charge is -2.44. The van der Waals surface area contributed by atoms with E-state index in [1.807, 2.05) is 0 Å². The molecule has 1 unspecified atom stereocenters. The van der Waals surface area contributed by atoms with Crippen molar-refractivity contribution in [2.24, 2.45) is 0 Å². The fourth-order valence-electron chi connectivity index (χ4n) is 1.52. The van der Waals surface area contributed by atoms with Gasteiger partial charge in [0, 0.05) is 22.6 Å². The van der Waals surface area contributed by atoms with Gasteiger partial charge in [-0.1, -0.05) is 0 Å².